The number of hydrogen-bond donors (Lipinski definition) is 0. The highest BCUT2D eigenvalue weighted by Crippen LogP contribution is 2.21. The Morgan fingerprint density at radius 2 is 2.12 bits per heavy atom. The molecule has 0 atom stereocenters. The van der Waals surface area contributed by atoms with E-state index >= 15 is 0 Å². The molecule has 0 radical (unpaired) electrons. The summed E-state index contributed by atoms with van der Waals surface area (Å²) < 4.78 is 7.06. The lowest BCUT2D eigenvalue weighted by atomic mass is 10.1. The first-order chi connectivity index (χ1) is 7.93. The van der Waals surface area contributed by atoms with E-state index in [1.165, 1.54) is 6.33 Å². The molecule has 2 heterocycles. The minimum absolute atomic E-state index is 0.849. The van der Waals surface area contributed by atoms with Gasteiger partial charge in [0.15, 0.2) is 0 Å². The van der Waals surface area contributed by atoms with E-state index in [2.05, 4.69) is 10.1 Å². The van der Waals surface area contributed by atoms with Gasteiger partial charge in [-0.25, -0.2) is 9.67 Å². The smallest absolute Gasteiger partial charge is 0.138 e. The number of rotatable bonds is 2. The van der Waals surface area contributed by atoms with Gasteiger partial charge in [-0.2, -0.15) is 5.10 Å². The van der Waals surface area contributed by atoms with E-state index in [0.29, 0.717) is 0 Å². The lowest BCUT2D eigenvalue weighted by Crippen LogP contribution is -1.93. The maximum atomic E-state index is 5.35. The van der Waals surface area contributed by atoms with Crippen molar-refractivity contribution in [3.8, 4) is 17.0 Å². The van der Waals surface area contributed by atoms with E-state index in [0.717, 1.165) is 17.0 Å². The molecular formula is C12H9N3O. The van der Waals surface area contributed by atoms with Crippen LogP contribution in [0.3, 0.4) is 0 Å². The van der Waals surface area contributed by atoms with Crippen LogP contribution in [0.2, 0.25) is 0 Å². The van der Waals surface area contributed by atoms with Crippen molar-refractivity contribution in [3.63, 3.8) is 0 Å². The maximum absolute atomic E-state index is 5.35. The number of aromatic nitrogens is 3. The van der Waals surface area contributed by atoms with Crippen LogP contribution in [-0.2, 0) is 0 Å². The number of furan rings is 1. The van der Waals surface area contributed by atoms with E-state index in [4.69, 9.17) is 4.42 Å². The Balaban J connectivity index is 2.07. The van der Waals surface area contributed by atoms with Gasteiger partial charge in [0.05, 0.1) is 12.0 Å². The normalized spacial score (nSPS) is 10.5. The summed E-state index contributed by atoms with van der Waals surface area (Å²) in [4.78, 5) is 3.92. The molecule has 0 saturated heterocycles. The van der Waals surface area contributed by atoms with Gasteiger partial charge >= 0.3 is 0 Å². The van der Waals surface area contributed by atoms with Gasteiger partial charge in [-0.05, 0) is 24.3 Å². The molecule has 0 spiro atoms. The molecule has 1 aromatic carbocycles. The fourth-order valence-electron chi connectivity index (χ4n) is 1.59. The Morgan fingerprint density at radius 3 is 2.88 bits per heavy atom. The first-order valence-electron chi connectivity index (χ1n) is 4.92. The summed E-state index contributed by atoms with van der Waals surface area (Å²) in [6.07, 6.45) is 4.85. The Hall–Kier alpha value is -2.36. The van der Waals surface area contributed by atoms with Crippen LogP contribution in [0.4, 0.5) is 0 Å². The fraction of sp³-hybridized carbons (Fsp3) is 0. The molecule has 0 N–H and O–H groups in total. The molecule has 0 unspecified atom stereocenters. The SMILES string of the molecule is c1cc(-c2ccco2)cc(-n2cncn2)c1. The summed E-state index contributed by atoms with van der Waals surface area (Å²) in [7, 11) is 0. The van der Waals surface area contributed by atoms with Gasteiger partial charge in [0.1, 0.15) is 18.4 Å². The summed E-state index contributed by atoms with van der Waals surface area (Å²) in [6, 6.07) is 11.8. The summed E-state index contributed by atoms with van der Waals surface area (Å²) in [5.41, 5.74) is 1.99. The van der Waals surface area contributed by atoms with E-state index in [1.54, 1.807) is 17.3 Å². The third-order valence-corrected chi connectivity index (χ3v) is 2.34. The standard InChI is InChI=1S/C12H9N3O/c1-3-10(12-5-2-6-16-12)7-11(4-1)15-9-13-8-14-15/h1-9H. The van der Waals surface area contributed by atoms with Gasteiger partial charge in [0.25, 0.3) is 0 Å². The van der Waals surface area contributed by atoms with Crippen molar-refractivity contribution in [2.75, 3.05) is 0 Å². The highest BCUT2D eigenvalue weighted by Gasteiger charge is 2.02. The van der Waals surface area contributed by atoms with Gasteiger partial charge in [0, 0.05) is 5.56 Å². The van der Waals surface area contributed by atoms with Crippen molar-refractivity contribution in [3.05, 3.63) is 55.3 Å². The molecule has 2 aromatic heterocycles. The second-order valence-corrected chi connectivity index (χ2v) is 3.37. The van der Waals surface area contributed by atoms with Crippen molar-refractivity contribution in [1.29, 1.82) is 0 Å². The van der Waals surface area contributed by atoms with Crippen LogP contribution in [0.1, 0.15) is 0 Å². The van der Waals surface area contributed by atoms with E-state index < -0.39 is 0 Å². The zero-order valence-electron chi connectivity index (χ0n) is 8.45. The van der Waals surface area contributed by atoms with E-state index in [1.807, 2.05) is 36.4 Å². The van der Waals surface area contributed by atoms with Gasteiger partial charge in [-0.15, -0.1) is 0 Å². The third-order valence-electron chi connectivity index (χ3n) is 2.34. The Bertz CT molecular complexity index is 521. The second-order valence-electron chi connectivity index (χ2n) is 3.37. The molecule has 0 aliphatic carbocycles. The number of nitrogens with zero attached hydrogens (tertiary/aromatic N) is 3. The van der Waals surface area contributed by atoms with Crippen molar-refractivity contribution in [1.82, 2.24) is 14.8 Å². The molecular weight excluding hydrogens is 202 g/mol. The van der Waals surface area contributed by atoms with Crippen molar-refractivity contribution >= 4 is 0 Å². The zero-order chi connectivity index (χ0) is 10.8. The van der Waals surface area contributed by atoms with Crippen LogP contribution in [0.25, 0.3) is 17.0 Å². The fourth-order valence-corrected chi connectivity index (χ4v) is 1.59. The summed E-state index contributed by atoms with van der Waals surface area (Å²) in [5, 5.41) is 4.08. The minimum atomic E-state index is 0.849. The largest absolute Gasteiger partial charge is 0.464 e. The highest BCUT2D eigenvalue weighted by atomic mass is 16.3. The van der Waals surface area contributed by atoms with Crippen LogP contribution in [-0.4, -0.2) is 14.8 Å². The maximum Gasteiger partial charge on any atom is 0.138 e. The Morgan fingerprint density at radius 1 is 1.12 bits per heavy atom. The first-order valence-corrected chi connectivity index (χ1v) is 4.92. The molecule has 0 bridgehead atoms. The average Bonchev–Trinajstić information content (AvgIpc) is 3.03. The van der Waals surface area contributed by atoms with Crippen molar-refractivity contribution < 1.29 is 4.42 Å². The van der Waals surface area contributed by atoms with Gasteiger partial charge in [0.2, 0.25) is 0 Å². The average molecular weight is 211 g/mol. The van der Waals surface area contributed by atoms with Crippen LogP contribution in [0.15, 0.2) is 59.7 Å². The van der Waals surface area contributed by atoms with Crippen molar-refractivity contribution in [2.45, 2.75) is 0 Å². The molecule has 0 amide bonds. The molecule has 4 heteroatoms. The molecule has 16 heavy (non-hydrogen) atoms. The zero-order valence-corrected chi connectivity index (χ0v) is 8.45. The summed E-state index contributed by atoms with van der Waals surface area (Å²) in [6.45, 7) is 0. The van der Waals surface area contributed by atoms with Crippen LogP contribution in [0.5, 0.6) is 0 Å². The minimum Gasteiger partial charge on any atom is -0.464 e. The van der Waals surface area contributed by atoms with Crippen LogP contribution < -0.4 is 0 Å². The molecule has 4 nitrogen and oxygen atoms in total. The van der Waals surface area contributed by atoms with Crippen LogP contribution >= 0.6 is 0 Å². The molecule has 0 fully saturated rings. The molecule has 3 rings (SSSR count). The molecule has 0 saturated carbocycles. The predicted octanol–water partition coefficient (Wildman–Crippen LogP) is 2.53. The van der Waals surface area contributed by atoms with Gasteiger partial charge in [-0.1, -0.05) is 12.1 Å². The molecule has 0 aliphatic rings. The van der Waals surface area contributed by atoms with E-state index in [-0.39, 0.29) is 0 Å². The van der Waals surface area contributed by atoms with Gasteiger partial charge in [-0.3, -0.25) is 0 Å². The first kappa shape index (κ1) is 8.91. The third kappa shape index (κ3) is 1.50. The van der Waals surface area contributed by atoms with Crippen LogP contribution in [0, 0.1) is 0 Å². The molecule has 78 valence electrons. The topological polar surface area (TPSA) is 43.9 Å². The van der Waals surface area contributed by atoms with Gasteiger partial charge < -0.3 is 4.42 Å². The molecule has 0 aliphatic heterocycles. The quantitative estimate of drug-likeness (QED) is 0.654. The van der Waals surface area contributed by atoms with E-state index in [9.17, 15) is 0 Å². The molecule has 3 aromatic rings. The number of benzene rings is 1. The monoisotopic (exact) mass is 211 g/mol. The summed E-state index contributed by atoms with van der Waals surface area (Å²) in [5.74, 6) is 0.849. The second kappa shape index (κ2) is 3.66. The lowest BCUT2D eigenvalue weighted by Gasteiger charge is -2.02. The lowest BCUT2D eigenvalue weighted by molar-refractivity contribution is 0.582. The Kier molecular flexibility index (Phi) is 2.04. The number of hydrogen-bond acceptors (Lipinski definition) is 3. The van der Waals surface area contributed by atoms with Crippen molar-refractivity contribution in [2.24, 2.45) is 0 Å². The predicted molar refractivity (Wildman–Crippen MR) is 59.1 cm³/mol. The summed E-state index contributed by atoms with van der Waals surface area (Å²) >= 11 is 0. The Labute approximate surface area is 92.2 Å². The highest BCUT2D eigenvalue weighted by molar-refractivity contribution is 5.60.